The van der Waals surface area contributed by atoms with Gasteiger partial charge in [0.2, 0.25) is 6.08 Å². The van der Waals surface area contributed by atoms with Crippen molar-refractivity contribution in [3.05, 3.63) is 0 Å². The zero-order valence-corrected chi connectivity index (χ0v) is 8.04. The first kappa shape index (κ1) is 11.5. The van der Waals surface area contributed by atoms with Crippen molar-refractivity contribution in [3.63, 3.8) is 0 Å². The lowest BCUT2D eigenvalue weighted by molar-refractivity contribution is 0.221. The van der Waals surface area contributed by atoms with Gasteiger partial charge in [-0.1, -0.05) is 0 Å². The molecule has 0 atom stereocenters. The van der Waals surface area contributed by atoms with Gasteiger partial charge >= 0.3 is 7.60 Å². The van der Waals surface area contributed by atoms with Crippen LogP contribution in [0.3, 0.4) is 0 Å². The molecule has 0 aliphatic carbocycles. The third-order valence-electron chi connectivity index (χ3n) is 0.960. The minimum atomic E-state index is -3.17. The van der Waals surface area contributed by atoms with Crippen molar-refractivity contribution in [2.75, 3.05) is 19.5 Å². The highest BCUT2D eigenvalue weighted by molar-refractivity contribution is 7.53. The minimum absolute atomic E-state index is 0.252. The highest BCUT2D eigenvalue weighted by Crippen LogP contribution is 2.47. The molecule has 0 saturated heterocycles. The van der Waals surface area contributed by atoms with Crippen molar-refractivity contribution in [3.8, 4) is 0 Å². The largest absolute Gasteiger partial charge is 0.352 e. The van der Waals surface area contributed by atoms with Gasteiger partial charge in [-0.3, -0.25) is 4.57 Å². The summed E-state index contributed by atoms with van der Waals surface area (Å²) in [6, 6.07) is 0. The van der Waals surface area contributed by atoms with E-state index in [1.165, 1.54) is 6.08 Å². The number of isocyanates is 1. The molecule has 5 nitrogen and oxygen atoms in total. The Kier molecular flexibility index (Phi) is 5.85. The number of nitrogens with zero attached hydrogens (tertiary/aromatic N) is 1. The van der Waals surface area contributed by atoms with Crippen LogP contribution in [0.5, 0.6) is 0 Å². The molecule has 0 aromatic heterocycles. The fraction of sp³-hybridized carbons (Fsp3) is 0.833. The monoisotopic (exact) mass is 193 g/mol. The Labute approximate surface area is 71.3 Å². The molecule has 0 amide bonds. The van der Waals surface area contributed by atoms with Gasteiger partial charge in [0, 0.05) is 0 Å². The minimum Gasteiger partial charge on any atom is -0.308 e. The van der Waals surface area contributed by atoms with E-state index < -0.39 is 7.60 Å². The van der Waals surface area contributed by atoms with Gasteiger partial charge < -0.3 is 9.05 Å². The quantitative estimate of drug-likeness (QED) is 0.364. The van der Waals surface area contributed by atoms with Crippen molar-refractivity contribution >= 4 is 13.7 Å². The van der Waals surface area contributed by atoms with E-state index in [2.05, 4.69) is 4.99 Å². The van der Waals surface area contributed by atoms with Gasteiger partial charge in [-0.05, 0) is 13.8 Å². The fourth-order valence-corrected chi connectivity index (χ4v) is 1.88. The summed E-state index contributed by atoms with van der Waals surface area (Å²) < 4.78 is 21.1. The van der Waals surface area contributed by atoms with Gasteiger partial charge in [-0.25, -0.2) is 4.79 Å². The maximum atomic E-state index is 11.5. The fourth-order valence-electron chi connectivity index (χ4n) is 0.628. The van der Waals surface area contributed by atoms with Crippen molar-refractivity contribution < 1.29 is 18.4 Å². The third kappa shape index (κ3) is 4.42. The van der Waals surface area contributed by atoms with Crippen LogP contribution in [0.1, 0.15) is 13.8 Å². The normalized spacial score (nSPS) is 10.8. The Morgan fingerprint density at radius 3 is 2.17 bits per heavy atom. The molecule has 0 radical (unpaired) electrons. The summed E-state index contributed by atoms with van der Waals surface area (Å²) in [7, 11) is -3.17. The number of rotatable bonds is 6. The second-order valence-electron chi connectivity index (χ2n) is 1.84. The maximum absolute atomic E-state index is 11.5. The average Bonchev–Trinajstić information content (AvgIpc) is 2.02. The van der Waals surface area contributed by atoms with Gasteiger partial charge in [0.1, 0.15) is 0 Å². The Morgan fingerprint density at radius 2 is 1.83 bits per heavy atom. The molecule has 0 fully saturated rings. The lowest BCUT2D eigenvalue weighted by Gasteiger charge is -2.13. The van der Waals surface area contributed by atoms with E-state index in [4.69, 9.17) is 9.05 Å². The van der Waals surface area contributed by atoms with E-state index in [-0.39, 0.29) is 19.5 Å². The molecule has 0 unspecified atom stereocenters. The molecule has 0 saturated carbocycles. The Bertz CT molecular complexity index is 202. The molecule has 12 heavy (non-hydrogen) atoms. The predicted molar refractivity (Wildman–Crippen MR) is 43.8 cm³/mol. The second kappa shape index (κ2) is 6.09. The van der Waals surface area contributed by atoms with Crippen LogP contribution < -0.4 is 0 Å². The van der Waals surface area contributed by atoms with Crippen LogP contribution in [0, 0.1) is 0 Å². The summed E-state index contributed by atoms with van der Waals surface area (Å²) in [6.45, 7) is 3.92. The van der Waals surface area contributed by atoms with Crippen LogP contribution in [0.15, 0.2) is 4.99 Å². The smallest absolute Gasteiger partial charge is 0.308 e. The van der Waals surface area contributed by atoms with Crippen LogP contribution in [0.4, 0.5) is 0 Å². The first-order valence-electron chi connectivity index (χ1n) is 3.60. The van der Waals surface area contributed by atoms with E-state index >= 15 is 0 Å². The van der Waals surface area contributed by atoms with E-state index in [9.17, 15) is 9.36 Å². The van der Waals surface area contributed by atoms with Gasteiger partial charge in [-0.15, -0.1) is 0 Å². The summed E-state index contributed by atoms with van der Waals surface area (Å²) in [6.07, 6.45) is 1.03. The molecule has 0 aliphatic rings. The number of carbonyl (C=O) groups excluding carboxylic acids is 1. The third-order valence-corrected chi connectivity index (χ3v) is 2.75. The van der Waals surface area contributed by atoms with Gasteiger partial charge in [-0.2, -0.15) is 4.99 Å². The van der Waals surface area contributed by atoms with Gasteiger partial charge in [0.25, 0.3) is 0 Å². The Morgan fingerprint density at radius 1 is 1.33 bits per heavy atom. The van der Waals surface area contributed by atoms with E-state index in [0.717, 1.165) is 0 Å². The molecule has 0 bridgehead atoms. The zero-order valence-electron chi connectivity index (χ0n) is 7.15. The lowest BCUT2D eigenvalue weighted by atomic mass is 10.9. The molecule has 6 heteroatoms. The molecule has 70 valence electrons. The number of hydrogen-bond acceptors (Lipinski definition) is 5. The van der Waals surface area contributed by atoms with E-state index in [1.807, 2.05) is 0 Å². The molecule has 0 heterocycles. The van der Waals surface area contributed by atoms with Crippen molar-refractivity contribution in [2.24, 2.45) is 4.99 Å². The molecule has 0 aromatic carbocycles. The predicted octanol–water partition coefficient (Wildman–Crippen LogP) is 1.55. The first-order chi connectivity index (χ1) is 5.68. The van der Waals surface area contributed by atoms with E-state index in [1.54, 1.807) is 13.8 Å². The van der Waals surface area contributed by atoms with Crippen LogP contribution in [-0.4, -0.2) is 25.6 Å². The highest BCUT2D eigenvalue weighted by atomic mass is 31.2. The summed E-state index contributed by atoms with van der Waals surface area (Å²) in [5.74, 6) is 0. The van der Waals surface area contributed by atoms with Crippen molar-refractivity contribution in [2.45, 2.75) is 13.8 Å². The number of hydrogen-bond donors (Lipinski definition) is 0. The summed E-state index contributed by atoms with van der Waals surface area (Å²) in [5, 5.41) is 0. The van der Waals surface area contributed by atoms with Crippen LogP contribution in [0.25, 0.3) is 0 Å². The molecule has 0 rings (SSSR count). The summed E-state index contributed by atoms with van der Waals surface area (Å²) in [4.78, 5) is 12.9. The van der Waals surface area contributed by atoms with Crippen molar-refractivity contribution in [1.29, 1.82) is 0 Å². The summed E-state index contributed by atoms with van der Waals surface area (Å²) in [5.41, 5.74) is 0. The summed E-state index contributed by atoms with van der Waals surface area (Å²) >= 11 is 0. The highest BCUT2D eigenvalue weighted by Gasteiger charge is 2.22. The molecular formula is C6H12NO4P. The van der Waals surface area contributed by atoms with Gasteiger partial charge in [0.15, 0.2) is 6.29 Å². The zero-order chi connectivity index (χ0) is 9.45. The average molecular weight is 193 g/mol. The molecule has 0 aliphatic heterocycles. The number of aliphatic imine (C=N–C) groups is 1. The standard InChI is InChI=1S/C6H12NO4P/c1-3-10-12(9,11-4-2)6-7-5-8/h3-4,6H2,1-2H3. The molecule has 0 N–H and O–H groups in total. The lowest BCUT2D eigenvalue weighted by Crippen LogP contribution is -1.98. The Hall–Kier alpha value is -0.470. The van der Waals surface area contributed by atoms with Crippen LogP contribution in [-0.2, 0) is 18.4 Å². The maximum Gasteiger partial charge on any atom is 0.352 e. The topological polar surface area (TPSA) is 65.0 Å². The molecular weight excluding hydrogens is 181 g/mol. The first-order valence-corrected chi connectivity index (χ1v) is 5.33. The Balaban J connectivity index is 4.17. The second-order valence-corrected chi connectivity index (χ2v) is 3.86. The molecule has 0 aromatic rings. The van der Waals surface area contributed by atoms with Crippen molar-refractivity contribution in [1.82, 2.24) is 0 Å². The van der Waals surface area contributed by atoms with Crippen LogP contribution in [0.2, 0.25) is 0 Å². The molecule has 0 spiro atoms. The van der Waals surface area contributed by atoms with Gasteiger partial charge in [0.05, 0.1) is 13.2 Å². The van der Waals surface area contributed by atoms with Crippen LogP contribution >= 0.6 is 7.60 Å². The van der Waals surface area contributed by atoms with E-state index in [0.29, 0.717) is 0 Å². The SMILES string of the molecule is CCOP(=O)(CN=C=O)OCC.